The zero-order valence-corrected chi connectivity index (χ0v) is 11.6. The first-order chi connectivity index (χ1) is 8.84. The second-order valence-electron chi connectivity index (χ2n) is 4.54. The summed E-state index contributed by atoms with van der Waals surface area (Å²) in [6.07, 6.45) is 4.77. The highest BCUT2D eigenvalue weighted by Crippen LogP contribution is 2.35. The number of fused-ring (bicyclic) bond motifs is 1. The molecule has 1 aromatic carbocycles. The third-order valence-electron chi connectivity index (χ3n) is 3.43. The monoisotopic (exact) mass is 306 g/mol. The molecule has 2 aromatic rings. The van der Waals surface area contributed by atoms with E-state index in [-0.39, 0.29) is 0 Å². The zero-order chi connectivity index (χ0) is 12.4. The van der Waals surface area contributed by atoms with Crippen molar-refractivity contribution in [3.8, 4) is 0 Å². The second-order valence-corrected chi connectivity index (χ2v) is 5.39. The molecule has 0 aliphatic heterocycles. The molecule has 0 bridgehead atoms. The Labute approximate surface area is 114 Å². The third-order valence-corrected chi connectivity index (χ3v) is 4.17. The van der Waals surface area contributed by atoms with Gasteiger partial charge in [0, 0.05) is 23.5 Å². The fourth-order valence-electron chi connectivity index (χ4n) is 2.54. The lowest BCUT2D eigenvalue weighted by Gasteiger charge is -2.13. The molecule has 2 N–H and O–H groups in total. The minimum Gasteiger partial charge on any atom is -0.309 e. The number of aromatic nitrogens is 3. The van der Waals surface area contributed by atoms with Crippen molar-refractivity contribution in [1.29, 1.82) is 0 Å². The molecule has 0 radical (unpaired) electrons. The van der Waals surface area contributed by atoms with Crippen LogP contribution >= 0.6 is 15.9 Å². The molecule has 0 spiro atoms. The van der Waals surface area contributed by atoms with Crippen molar-refractivity contribution in [2.45, 2.75) is 25.3 Å². The quantitative estimate of drug-likeness (QED) is 0.912. The zero-order valence-electron chi connectivity index (χ0n) is 9.99. The van der Waals surface area contributed by atoms with Crippen LogP contribution in [0.25, 0.3) is 0 Å². The summed E-state index contributed by atoms with van der Waals surface area (Å²) in [7, 11) is 0. The largest absolute Gasteiger partial charge is 0.309 e. The lowest BCUT2D eigenvalue weighted by atomic mass is 10.1. The van der Waals surface area contributed by atoms with Crippen LogP contribution in [0.2, 0.25) is 0 Å². The van der Waals surface area contributed by atoms with Crippen LogP contribution in [0.3, 0.4) is 0 Å². The summed E-state index contributed by atoms with van der Waals surface area (Å²) in [5.74, 6) is 0.940. The van der Waals surface area contributed by atoms with Crippen molar-refractivity contribution in [2.75, 3.05) is 6.54 Å². The van der Waals surface area contributed by atoms with Gasteiger partial charge < -0.3 is 5.32 Å². The molecule has 1 aliphatic carbocycles. The molecule has 3 rings (SSSR count). The van der Waals surface area contributed by atoms with Gasteiger partial charge in [0.05, 0.1) is 0 Å². The van der Waals surface area contributed by atoms with E-state index in [1.54, 1.807) is 6.33 Å². The van der Waals surface area contributed by atoms with Crippen LogP contribution in [0.15, 0.2) is 29.0 Å². The van der Waals surface area contributed by atoms with Crippen LogP contribution in [0, 0.1) is 0 Å². The molecule has 5 heteroatoms. The van der Waals surface area contributed by atoms with E-state index in [9.17, 15) is 0 Å². The first kappa shape index (κ1) is 11.9. The summed E-state index contributed by atoms with van der Waals surface area (Å²) >= 11 is 3.62. The maximum atomic E-state index is 4.12. The molecule has 94 valence electrons. The fraction of sp³-hybridized carbons (Fsp3) is 0.385. The molecule has 1 unspecified atom stereocenters. The molecular weight excluding hydrogens is 292 g/mol. The lowest BCUT2D eigenvalue weighted by molar-refractivity contribution is 0.529. The van der Waals surface area contributed by atoms with Gasteiger partial charge in [-0.15, -0.1) is 0 Å². The van der Waals surface area contributed by atoms with Crippen molar-refractivity contribution < 1.29 is 0 Å². The fourth-order valence-corrected chi connectivity index (χ4v) is 3.12. The topological polar surface area (TPSA) is 53.6 Å². The SMILES string of the molecule is Brc1cccc2c1CCC2NCCc1ncn[nH]1. The average Bonchev–Trinajstić information content (AvgIpc) is 3.00. The van der Waals surface area contributed by atoms with Gasteiger partial charge >= 0.3 is 0 Å². The van der Waals surface area contributed by atoms with E-state index in [0.29, 0.717) is 6.04 Å². The molecule has 1 heterocycles. The summed E-state index contributed by atoms with van der Waals surface area (Å²) in [4.78, 5) is 4.12. The van der Waals surface area contributed by atoms with Gasteiger partial charge in [0.15, 0.2) is 0 Å². The first-order valence-corrected chi connectivity index (χ1v) is 6.99. The summed E-state index contributed by atoms with van der Waals surface area (Å²) in [6, 6.07) is 6.93. The number of rotatable bonds is 4. The van der Waals surface area contributed by atoms with Crippen molar-refractivity contribution in [3.05, 3.63) is 46.0 Å². The predicted molar refractivity (Wildman–Crippen MR) is 73.3 cm³/mol. The van der Waals surface area contributed by atoms with E-state index in [2.05, 4.69) is 54.6 Å². The highest BCUT2D eigenvalue weighted by molar-refractivity contribution is 9.10. The summed E-state index contributed by atoms with van der Waals surface area (Å²) < 4.78 is 1.24. The minimum absolute atomic E-state index is 0.473. The Morgan fingerprint density at radius 3 is 3.22 bits per heavy atom. The molecular formula is C13H15BrN4. The Morgan fingerprint density at radius 2 is 2.39 bits per heavy atom. The van der Waals surface area contributed by atoms with E-state index in [1.807, 2.05) is 0 Å². The Hall–Kier alpha value is -1.20. The molecule has 4 nitrogen and oxygen atoms in total. The van der Waals surface area contributed by atoms with Gasteiger partial charge in [-0.1, -0.05) is 28.1 Å². The molecule has 1 aromatic heterocycles. The maximum absolute atomic E-state index is 4.12. The highest BCUT2D eigenvalue weighted by Gasteiger charge is 2.23. The number of H-pyrrole nitrogens is 1. The van der Waals surface area contributed by atoms with Gasteiger partial charge in [-0.2, -0.15) is 5.10 Å². The summed E-state index contributed by atoms with van der Waals surface area (Å²) in [5.41, 5.74) is 2.89. The molecule has 0 fully saturated rings. The van der Waals surface area contributed by atoms with Crippen molar-refractivity contribution in [3.63, 3.8) is 0 Å². The van der Waals surface area contributed by atoms with Crippen LogP contribution in [0.4, 0.5) is 0 Å². The van der Waals surface area contributed by atoms with Crippen LogP contribution in [-0.4, -0.2) is 21.7 Å². The molecule has 1 aliphatic rings. The molecule has 18 heavy (non-hydrogen) atoms. The van der Waals surface area contributed by atoms with Gasteiger partial charge in [-0.3, -0.25) is 5.10 Å². The van der Waals surface area contributed by atoms with E-state index in [0.717, 1.165) is 25.2 Å². The number of benzene rings is 1. The van der Waals surface area contributed by atoms with Gasteiger partial charge in [0.25, 0.3) is 0 Å². The number of halogens is 1. The van der Waals surface area contributed by atoms with Gasteiger partial charge in [-0.25, -0.2) is 4.98 Å². The average molecular weight is 307 g/mol. The number of hydrogen-bond acceptors (Lipinski definition) is 3. The Kier molecular flexibility index (Phi) is 3.43. The Morgan fingerprint density at radius 1 is 1.44 bits per heavy atom. The summed E-state index contributed by atoms with van der Waals surface area (Å²) in [6.45, 7) is 0.922. The van der Waals surface area contributed by atoms with Crippen molar-refractivity contribution in [2.24, 2.45) is 0 Å². The maximum Gasteiger partial charge on any atom is 0.137 e. The van der Waals surface area contributed by atoms with E-state index in [4.69, 9.17) is 0 Å². The number of nitrogens with zero attached hydrogens (tertiary/aromatic N) is 2. The molecule has 0 saturated carbocycles. The van der Waals surface area contributed by atoms with Gasteiger partial charge in [-0.05, 0) is 30.0 Å². The molecule has 0 saturated heterocycles. The van der Waals surface area contributed by atoms with Gasteiger partial charge in [0.1, 0.15) is 12.2 Å². The van der Waals surface area contributed by atoms with Crippen LogP contribution in [-0.2, 0) is 12.8 Å². The Balaban J connectivity index is 1.61. The summed E-state index contributed by atoms with van der Waals surface area (Å²) in [5, 5.41) is 10.3. The number of nitrogens with one attached hydrogen (secondary N) is 2. The van der Waals surface area contributed by atoms with E-state index >= 15 is 0 Å². The molecule has 1 atom stereocenters. The van der Waals surface area contributed by atoms with E-state index in [1.165, 1.54) is 22.0 Å². The van der Waals surface area contributed by atoms with E-state index < -0.39 is 0 Å². The lowest BCUT2D eigenvalue weighted by Crippen LogP contribution is -2.22. The smallest absolute Gasteiger partial charge is 0.137 e. The normalized spacial score (nSPS) is 17.9. The number of aromatic amines is 1. The Bertz CT molecular complexity index is 524. The van der Waals surface area contributed by atoms with Crippen molar-refractivity contribution >= 4 is 15.9 Å². The third kappa shape index (κ3) is 2.33. The first-order valence-electron chi connectivity index (χ1n) is 6.19. The minimum atomic E-state index is 0.473. The molecule has 0 amide bonds. The van der Waals surface area contributed by atoms with Crippen LogP contribution < -0.4 is 5.32 Å². The van der Waals surface area contributed by atoms with Gasteiger partial charge in [0.2, 0.25) is 0 Å². The second kappa shape index (κ2) is 5.20. The van der Waals surface area contributed by atoms with Crippen LogP contribution in [0.5, 0.6) is 0 Å². The predicted octanol–water partition coefficient (Wildman–Crippen LogP) is 2.39. The standard InChI is InChI=1S/C13H15BrN4/c14-11-3-1-2-10-9(11)4-5-12(10)15-7-6-13-16-8-17-18-13/h1-3,8,12,15H,4-7H2,(H,16,17,18). The van der Waals surface area contributed by atoms with Crippen LogP contribution in [0.1, 0.15) is 29.4 Å². The van der Waals surface area contributed by atoms with Crippen molar-refractivity contribution in [1.82, 2.24) is 20.5 Å². The highest BCUT2D eigenvalue weighted by atomic mass is 79.9. The number of hydrogen-bond donors (Lipinski definition) is 2.